The van der Waals surface area contributed by atoms with Crippen molar-refractivity contribution in [1.82, 2.24) is 10.3 Å². The topological polar surface area (TPSA) is 94.6 Å². The Hall–Kier alpha value is -3.48. The van der Waals surface area contributed by atoms with Crippen LogP contribution >= 0.6 is 0 Å². The summed E-state index contributed by atoms with van der Waals surface area (Å²) in [6, 6.07) is 8.49. The summed E-state index contributed by atoms with van der Waals surface area (Å²) in [6.45, 7) is 5.76. The minimum Gasteiger partial charge on any atom is -0.489 e. The van der Waals surface area contributed by atoms with Crippen LogP contribution in [0.25, 0.3) is 10.8 Å². The van der Waals surface area contributed by atoms with Crippen molar-refractivity contribution in [3.8, 4) is 0 Å². The van der Waals surface area contributed by atoms with Crippen LogP contribution in [0.5, 0.6) is 0 Å². The van der Waals surface area contributed by atoms with E-state index in [1.807, 2.05) is 12.3 Å². The maximum Gasteiger partial charge on any atom is 0.302 e. The third-order valence-electron chi connectivity index (χ3n) is 9.23. The zero-order valence-electron chi connectivity index (χ0n) is 22.2. The maximum absolute atomic E-state index is 13.0. The highest BCUT2D eigenvalue weighted by atomic mass is 16.5. The number of allylic oxidation sites excluding steroid dienone is 3. The Morgan fingerprint density at radius 1 is 1.18 bits per heavy atom. The van der Waals surface area contributed by atoms with Crippen molar-refractivity contribution in [1.29, 1.82) is 0 Å². The van der Waals surface area contributed by atoms with Crippen molar-refractivity contribution in [3.63, 3.8) is 0 Å². The number of ketones is 1. The molecule has 4 aliphatic rings. The first-order valence-corrected chi connectivity index (χ1v) is 13.6. The number of carbonyl (C=O) groups is 3. The fourth-order valence-electron chi connectivity index (χ4n) is 7.48. The summed E-state index contributed by atoms with van der Waals surface area (Å²) >= 11 is 0. The third kappa shape index (κ3) is 4.22. The average molecular weight is 515 g/mol. The normalized spacial score (nSPS) is 32.0. The fourth-order valence-corrected chi connectivity index (χ4v) is 7.48. The van der Waals surface area contributed by atoms with Gasteiger partial charge in [0.05, 0.1) is 5.57 Å². The van der Waals surface area contributed by atoms with Crippen LogP contribution in [-0.4, -0.2) is 41.4 Å². The molecule has 2 aromatic rings. The number of nitrogens with zero attached hydrogens (tertiary/aromatic N) is 1. The Labute approximate surface area is 222 Å². The molecule has 3 aliphatic carbocycles. The molecule has 7 nitrogen and oxygen atoms in total. The average Bonchev–Trinajstić information content (AvgIpc) is 3.17. The second-order valence-corrected chi connectivity index (χ2v) is 11.7. The first-order chi connectivity index (χ1) is 18.2. The van der Waals surface area contributed by atoms with Crippen molar-refractivity contribution in [3.05, 3.63) is 65.2 Å². The molecule has 6 atom stereocenters. The molecule has 2 fully saturated rings. The van der Waals surface area contributed by atoms with Gasteiger partial charge in [-0.1, -0.05) is 19.1 Å². The van der Waals surface area contributed by atoms with Gasteiger partial charge in [-0.05, 0) is 65.3 Å². The Morgan fingerprint density at radius 2 is 2.03 bits per heavy atom. The first-order valence-electron chi connectivity index (χ1n) is 13.6. The largest absolute Gasteiger partial charge is 0.489 e. The zero-order valence-corrected chi connectivity index (χ0v) is 22.2. The lowest BCUT2D eigenvalue weighted by Gasteiger charge is -2.48. The number of rotatable bonds is 4. The lowest BCUT2D eigenvalue weighted by Crippen LogP contribution is -2.44. The lowest BCUT2D eigenvalue weighted by molar-refractivity contribution is -0.147. The Balaban J connectivity index is 1.33. The minimum atomic E-state index is -0.270. The molecule has 7 heteroatoms. The highest BCUT2D eigenvalue weighted by molar-refractivity contribution is 6.00. The van der Waals surface area contributed by atoms with Crippen LogP contribution in [0.1, 0.15) is 64.4 Å². The van der Waals surface area contributed by atoms with E-state index in [0.717, 1.165) is 34.9 Å². The smallest absolute Gasteiger partial charge is 0.302 e. The number of carbonyl (C=O) groups excluding carboxylic acids is 3. The van der Waals surface area contributed by atoms with Crippen LogP contribution in [0.2, 0.25) is 0 Å². The molecule has 1 amide bonds. The van der Waals surface area contributed by atoms with E-state index in [2.05, 4.69) is 41.5 Å². The van der Waals surface area contributed by atoms with Gasteiger partial charge in [0.25, 0.3) is 0 Å². The number of pyridine rings is 1. The highest BCUT2D eigenvalue weighted by Gasteiger charge is 2.60. The summed E-state index contributed by atoms with van der Waals surface area (Å²) < 4.78 is 12.7. The molecule has 2 unspecified atom stereocenters. The van der Waals surface area contributed by atoms with E-state index in [1.165, 1.54) is 19.4 Å². The third-order valence-corrected chi connectivity index (χ3v) is 9.23. The van der Waals surface area contributed by atoms with Gasteiger partial charge in [-0.25, -0.2) is 0 Å². The molecule has 2 heterocycles. The van der Waals surface area contributed by atoms with Crippen LogP contribution in [0.3, 0.4) is 0 Å². The van der Waals surface area contributed by atoms with Crippen LogP contribution in [0, 0.1) is 17.3 Å². The molecule has 0 saturated heterocycles. The van der Waals surface area contributed by atoms with E-state index in [9.17, 15) is 14.4 Å². The number of hydrogen-bond donors (Lipinski definition) is 1. The number of esters is 1. The van der Waals surface area contributed by atoms with Gasteiger partial charge in [0, 0.05) is 62.8 Å². The van der Waals surface area contributed by atoms with Crippen LogP contribution in [0.4, 0.5) is 0 Å². The number of Topliss-reactive ketones (excluding diaryl/α,β-unsaturated/α-hetero) is 1. The molecule has 0 bridgehead atoms. The van der Waals surface area contributed by atoms with Crippen LogP contribution in [-0.2, 0) is 23.9 Å². The number of aromatic nitrogens is 1. The molecule has 38 heavy (non-hydrogen) atoms. The highest BCUT2D eigenvalue weighted by Crippen LogP contribution is 2.62. The van der Waals surface area contributed by atoms with Gasteiger partial charge in [-0.2, -0.15) is 0 Å². The molecule has 1 aromatic carbocycles. The van der Waals surface area contributed by atoms with Gasteiger partial charge >= 0.3 is 5.97 Å². The fraction of sp³-hybridized carbons (Fsp3) is 0.484. The molecular weight excluding hydrogens is 480 g/mol. The second kappa shape index (κ2) is 9.37. The summed E-state index contributed by atoms with van der Waals surface area (Å²) in [7, 11) is 0. The maximum atomic E-state index is 13.0. The van der Waals surface area contributed by atoms with E-state index in [4.69, 9.17) is 9.47 Å². The molecule has 0 spiro atoms. The predicted octanol–water partition coefficient (Wildman–Crippen LogP) is 4.76. The summed E-state index contributed by atoms with van der Waals surface area (Å²) in [6.07, 6.45) is 8.90. The quantitative estimate of drug-likeness (QED) is 0.591. The molecule has 1 aromatic heterocycles. The van der Waals surface area contributed by atoms with Crippen LogP contribution in [0.15, 0.2) is 59.6 Å². The van der Waals surface area contributed by atoms with E-state index in [-0.39, 0.29) is 53.0 Å². The second-order valence-electron chi connectivity index (χ2n) is 11.7. The van der Waals surface area contributed by atoms with E-state index in [1.54, 1.807) is 6.20 Å². The van der Waals surface area contributed by atoms with Crippen molar-refractivity contribution in [2.24, 2.45) is 17.3 Å². The monoisotopic (exact) mass is 514 g/mol. The summed E-state index contributed by atoms with van der Waals surface area (Å²) in [5.41, 5.74) is 2.88. The van der Waals surface area contributed by atoms with Gasteiger partial charge in [-0.3, -0.25) is 19.4 Å². The molecule has 2 saturated carbocycles. The number of ether oxygens (including phenoxy) is 2. The number of nitrogens with one attached hydrogen (secondary N) is 1. The van der Waals surface area contributed by atoms with Gasteiger partial charge in [0.15, 0.2) is 5.78 Å². The Bertz CT molecular complexity index is 1390. The van der Waals surface area contributed by atoms with Crippen molar-refractivity contribution in [2.75, 3.05) is 6.54 Å². The van der Waals surface area contributed by atoms with Gasteiger partial charge in [0.2, 0.25) is 5.91 Å². The molecule has 1 N–H and O–H groups in total. The van der Waals surface area contributed by atoms with Gasteiger partial charge in [0.1, 0.15) is 18.0 Å². The van der Waals surface area contributed by atoms with Gasteiger partial charge in [-0.15, -0.1) is 0 Å². The van der Waals surface area contributed by atoms with Gasteiger partial charge < -0.3 is 14.8 Å². The lowest BCUT2D eigenvalue weighted by atomic mass is 9.61. The SMILES string of the molecule is CC(=O)NCC1CC(=O)C2=C(C1)O[C@@H]1C(=C2)CC[C@]2(C)[C@@H](c3ccc4ccncc4c3)C(OC(C)=O)C[C@@H]12. The number of benzene rings is 1. The Kier molecular flexibility index (Phi) is 6.12. The summed E-state index contributed by atoms with van der Waals surface area (Å²) in [4.78, 5) is 41.0. The zero-order chi connectivity index (χ0) is 26.6. The minimum absolute atomic E-state index is 0.0297. The summed E-state index contributed by atoms with van der Waals surface area (Å²) in [5.74, 6) is 0.681. The van der Waals surface area contributed by atoms with Crippen molar-refractivity contribution >= 4 is 28.4 Å². The Morgan fingerprint density at radius 3 is 2.82 bits per heavy atom. The summed E-state index contributed by atoms with van der Waals surface area (Å²) in [5, 5.41) is 5.06. The molecular formula is C31H34N2O5. The van der Waals surface area contributed by atoms with E-state index >= 15 is 0 Å². The molecule has 0 radical (unpaired) electrons. The van der Waals surface area contributed by atoms with E-state index < -0.39 is 0 Å². The number of amides is 1. The van der Waals surface area contributed by atoms with Crippen molar-refractivity contribution in [2.45, 2.75) is 71.0 Å². The number of hydrogen-bond acceptors (Lipinski definition) is 6. The standard InChI is InChI=1S/C31H34N2O5/c1-17(34)33-15-19-10-26(36)24-13-22-6-8-31(3)25(30(22)38-27(24)11-19)14-28(37-18(2)35)29(31)21-5-4-20-7-9-32-16-23(20)12-21/h4-5,7,9,12-13,16,19,25,28-30H,6,8,10-11,14-15H2,1-3H3,(H,33,34)/t19?,25-,28?,29-,30+,31-/m0/s1. The first kappa shape index (κ1) is 24.8. The molecule has 1 aliphatic heterocycles. The van der Waals surface area contributed by atoms with E-state index in [0.29, 0.717) is 31.4 Å². The molecule has 6 rings (SSSR count). The van der Waals surface area contributed by atoms with Crippen molar-refractivity contribution < 1.29 is 23.9 Å². The number of fused-ring (bicyclic) bond motifs is 4. The molecule has 198 valence electrons. The van der Waals surface area contributed by atoms with Crippen LogP contribution < -0.4 is 5.32 Å². The predicted molar refractivity (Wildman–Crippen MR) is 142 cm³/mol.